The van der Waals surface area contributed by atoms with Crippen LogP contribution in [0.4, 0.5) is 0 Å². The largest absolute Gasteiger partial charge is 0.344 e. The second-order valence-electron chi connectivity index (χ2n) is 3.59. The van der Waals surface area contributed by atoms with Crippen molar-refractivity contribution in [3.63, 3.8) is 0 Å². The van der Waals surface area contributed by atoms with Gasteiger partial charge < -0.3 is 15.0 Å². The zero-order valence-electron chi connectivity index (χ0n) is 6.99. The molecule has 4 heteroatoms. The quantitative estimate of drug-likeness (QED) is 0.511. The molecule has 1 amide bonds. The van der Waals surface area contributed by atoms with Crippen LogP contribution < -0.4 is 5.32 Å². The number of nitrogens with zero attached hydrogens (tertiary/aromatic N) is 1. The number of hydrogen-bond donors (Lipinski definition) is 1. The predicted molar refractivity (Wildman–Crippen MR) is 42.5 cm³/mol. The van der Waals surface area contributed by atoms with Crippen molar-refractivity contribution < 1.29 is 9.59 Å². The molecule has 0 radical (unpaired) electrons. The summed E-state index contributed by atoms with van der Waals surface area (Å²) in [6.45, 7) is 0.736. The van der Waals surface area contributed by atoms with Gasteiger partial charge in [0.25, 0.3) is 0 Å². The van der Waals surface area contributed by atoms with E-state index < -0.39 is 0 Å². The number of fused-ring (bicyclic) bond motifs is 2. The van der Waals surface area contributed by atoms with Crippen molar-refractivity contribution in [2.45, 2.75) is 18.5 Å². The third-order valence-corrected chi connectivity index (χ3v) is 2.73. The number of carbonyl (C=O) groups excluding carboxylic acids is 2. The molecular weight excluding hydrogens is 156 g/mol. The minimum Gasteiger partial charge on any atom is -0.344 e. The molecule has 2 saturated heterocycles. The highest BCUT2D eigenvalue weighted by molar-refractivity contribution is 5.85. The fourth-order valence-electron chi connectivity index (χ4n) is 2.13. The smallest absolute Gasteiger partial charge is 0.227 e. The highest BCUT2D eigenvalue weighted by Gasteiger charge is 2.43. The van der Waals surface area contributed by atoms with Gasteiger partial charge in [-0.2, -0.15) is 0 Å². The third kappa shape index (κ3) is 0.948. The standard InChI is InChI=1S/C8H12N2O2/c1-10-3-5-2-6(8(10)12)7(4-11)9-5/h4-7,9H,2-3H2,1H3/t5-,6-,7+/m1/s1. The van der Waals surface area contributed by atoms with Gasteiger partial charge in [0.2, 0.25) is 5.91 Å². The van der Waals surface area contributed by atoms with Crippen molar-refractivity contribution in [2.75, 3.05) is 13.6 Å². The lowest BCUT2D eigenvalue weighted by Gasteiger charge is -2.27. The van der Waals surface area contributed by atoms with E-state index in [1.165, 1.54) is 0 Å². The van der Waals surface area contributed by atoms with Crippen LogP contribution in [0.25, 0.3) is 0 Å². The van der Waals surface area contributed by atoms with E-state index in [9.17, 15) is 9.59 Å². The van der Waals surface area contributed by atoms with Gasteiger partial charge in [-0.05, 0) is 6.42 Å². The highest BCUT2D eigenvalue weighted by Crippen LogP contribution is 2.26. The van der Waals surface area contributed by atoms with E-state index in [1.807, 2.05) is 0 Å². The molecule has 0 spiro atoms. The van der Waals surface area contributed by atoms with Gasteiger partial charge in [0.15, 0.2) is 0 Å². The average molecular weight is 168 g/mol. The van der Waals surface area contributed by atoms with Gasteiger partial charge in [-0.25, -0.2) is 0 Å². The Bertz CT molecular complexity index is 227. The van der Waals surface area contributed by atoms with E-state index in [4.69, 9.17) is 0 Å². The van der Waals surface area contributed by atoms with Crippen molar-refractivity contribution in [3.8, 4) is 0 Å². The summed E-state index contributed by atoms with van der Waals surface area (Å²) in [5, 5.41) is 3.13. The number of carbonyl (C=O) groups is 2. The second-order valence-corrected chi connectivity index (χ2v) is 3.59. The lowest BCUT2D eigenvalue weighted by atomic mass is 9.95. The number of nitrogens with one attached hydrogen (secondary N) is 1. The molecule has 0 unspecified atom stereocenters. The molecule has 2 rings (SSSR count). The summed E-state index contributed by atoms with van der Waals surface area (Å²) in [4.78, 5) is 23.8. The number of amides is 1. The van der Waals surface area contributed by atoms with Crippen molar-refractivity contribution >= 4 is 12.2 Å². The first-order chi connectivity index (χ1) is 5.72. The molecule has 66 valence electrons. The first-order valence-corrected chi connectivity index (χ1v) is 4.18. The SMILES string of the molecule is CN1C[C@H]2C[C@@H](C1=O)[C@H](C=O)N2. The first kappa shape index (κ1) is 7.73. The summed E-state index contributed by atoms with van der Waals surface area (Å²) >= 11 is 0. The second kappa shape index (κ2) is 2.55. The number of aldehydes is 1. The van der Waals surface area contributed by atoms with Gasteiger partial charge in [0.1, 0.15) is 6.29 Å². The Morgan fingerprint density at radius 3 is 3.08 bits per heavy atom. The Labute approximate surface area is 70.9 Å². The lowest BCUT2D eigenvalue weighted by Crippen LogP contribution is -2.42. The zero-order chi connectivity index (χ0) is 8.72. The number of hydrogen-bond acceptors (Lipinski definition) is 3. The highest BCUT2D eigenvalue weighted by atomic mass is 16.2. The van der Waals surface area contributed by atoms with E-state index in [0.29, 0.717) is 6.04 Å². The molecule has 12 heavy (non-hydrogen) atoms. The van der Waals surface area contributed by atoms with Crippen LogP contribution in [0.3, 0.4) is 0 Å². The van der Waals surface area contributed by atoms with Crippen LogP contribution in [-0.4, -0.2) is 42.8 Å². The Morgan fingerprint density at radius 2 is 2.42 bits per heavy atom. The molecule has 2 aliphatic heterocycles. The maximum absolute atomic E-state index is 11.5. The summed E-state index contributed by atoms with van der Waals surface area (Å²) in [5.41, 5.74) is 0. The van der Waals surface area contributed by atoms with Crippen LogP contribution >= 0.6 is 0 Å². The molecule has 1 N–H and O–H groups in total. The topological polar surface area (TPSA) is 49.4 Å². The molecule has 3 atom stereocenters. The van der Waals surface area contributed by atoms with Crippen molar-refractivity contribution in [3.05, 3.63) is 0 Å². The van der Waals surface area contributed by atoms with Gasteiger partial charge in [0.05, 0.1) is 12.0 Å². The normalized spacial score (nSPS) is 40.2. The van der Waals surface area contributed by atoms with Gasteiger partial charge in [-0.3, -0.25) is 4.79 Å². The number of rotatable bonds is 1. The average Bonchev–Trinajstić information content (AvgIpc) is 2.41. The first-order valence-electron chi connectivity index (χ1n) is 4.18. The fourth-order valence-corrected chi connectivity index (χ4v) is 2.13. The maximum Gasteiger partial charge on any atom is 0.227 e. The predicted octanol–water partition coefficient (Wildman–Crippen LogP) is -0.996. The van der Waals surface area contributed by atoms with E-state index >= 15 is 0 Å². The summed E-state index contributed by atoms with van der Waals surface area (Å²) in [5.74, 6) is -0.000370. The molecule has 0 saturated carbocycles. The van der Waals surface area contributed by atoms with Crippen LogP contribution in [0, 0.1) is 5.92 Å². The Kier molecular flexibility index (Phi) is 1.65. The third-order valence-electron chi connectivity index (χ3n) is 2.73. The summed E-state index contributed by atoms with van der Waals surface area (Å²) in [6, 6.07) is 0.0837. The summed E-state index contributed by atoms with van der Waals surface area (Å²) in [6.07, 6.45) is 1.67. The molecule has 2 heterocycles. The molecule has 0 aromatic heterocycles. The van der Waals surface area contributed by atoms with Crippen LogP contribution in [0.15, 0.2) is 0 Å². The van der Waals surface area contributed by atoms with E-state index in [0.717, 1.165) is 19.3 Å². The summed E-state index contributed by atoms with van der Waals surface area (Å²) < 4.78 is 0. The van der Waals surface area contributed by atoms with Crippen molar-refractivity contribution in [1.82, 2.24) is 10.2 Å². The maximum atomic E-state index is 11.5. The lowest BCUT2D eigenvalue weighted by molar-refractivity contribution is -0.136. The number of likely N-dealkylation sites (tertiary alicyclic amines) is 1. The van der Waals surface area contributed by atoms with E-state index in [1.54, 1.807) is 11.9 Å². The molecule has 4 nitrogen and oxygen atoms in total. The molecule has 0 aromatic carbocycles. The zero-order valence-corrected chi connectivity index (χ0v) is 6.99. The van der Waals surface area contributed by atoms with Crippen LogP contribution in [-0.2, 0) is 9.59 Å². The Balaban J connectivity index is 2.21. The molecule has 2 bridgehead atoms. The van der Waals surface area contributed by atoms with Crippen molar-refractivity contribution in [2.24, 2.45) is 5.92 Å². The number of likely N-dealkylation sites (N-methyl/N-ethyl adjacent to an activating group) is 1. The number of piperidine rings is 1. The van der Waals surface area contributed by atoms with E-state index in [-0.39, 0.29) is 17.9 Å². The van der Waals surface area contributed by atoms with Crippen LogP contribution in [0.1, 0.15) is 6.42 Å². The van der Waals surface area contributed by atoms with Gasteiger partial charge in [0, 0.05) is 19.6 Å². The molecule has 0 aromatic rings. The van der Waals surface area contributed by atoms with Crippen LogP contribution in [0.5, 0.6) is 0 Å². The molecular formula is C8H12N2O2. The Morgan fingerprint density at radius 1 is 1.67 bits per heavy atom. The molecule has 2 fully saturated rings. The Hall–Kier alpha value is -0.900. The molecule has 2 aliphatic rings. The van der Waals surface area contributed by atoms with Gasteiger partial charge >= 0.3 is 0 Å². The molecule has 0 aliphatic carbocycles. The summed E-state index contributed by atoms with van der Waals surface area (Å²) in [7, 11) is 1.79. The van der Waals surface area contributed by atoms with Crippen molar-refractivity contribution in [1.29, 1.82) is 0 Å². The van der Waals surface area contributed by atoms with Gasteiger partial charge in [-0.15, -0.1) is 0 Å². The minimum atomic E-state index is -0.243. The van der Waals surface area contributed by atoms with E-state index in [2.05, 4.69) is 5.32 Å². The monoisotopic (exact) mass is 168 g/mol. The minimum absolute atomic E-state index is 0.105. The van der Waals surface area contributed by atoms with Gasteiger partial charge in [-0.1, -0.05) is 0 Å². The fraction of sp³-hybridized carbons (Fsp3) is 0.750. The van der Waals surface area contributed by atoms with Crippen LogP contribution in [0.2, 0.25) is 0 Å².